The zero-order valence-corrected chi connectivity index (χ0v) is 15.7. The van der Waals surface area contributed by atoms with Crippen LogP contribution in [0.5, 0.6) is 0 Å². The summed E-state index contributed by atoms with van der Waals surface area (Å²) in [7, 11) is 0. The number of benzene rings is 2. The fraction of sp³-hybridized carbons (Fsp3) is 0.381. The van der Waals surface area contributed by atoms with E-state index in [9.17, 15) is 36.2 Å². The molecule has 2 aromatic rings. The number of hydrogen-bond acceptors (Lipinski definition) is 2. The molecular formula is C21H19F6NO2. The van der Waals surface area contributed by atoms with E-state index in [0.29, 0.717) is 12.8 Å². The van der Waals surface area contributed by atoms with Crippen molar-refractivity contribution in [1.82, 2.24) is 4.90 Å². The van der Waals surface area contributed by atoms with Crippen LogP contribution in [0.4, 0.5) is 26.3 Å². The van der Waals surface area contributed by atoms with Gasteiger partial charge in [0, 0.05) is 0 Å². The van der Waals surface area contributed by atoms with Crippen LogP contribution >= 0.6 is 0 Å². The maximum Gasteiger partial charge on any atom is 0.416 e. The summed E-state index contributed by atoms with van der Waals surface area (Å²) in [4.78, 5) is 13.1. The molecule has 1 heterocycles. The molecule has 1 fully saturated rings. The Hall–Kier alpha value is -2.55. The average molecular weight is 431 g/mol. The van der Waals surface area contributed by atoms with Gasteiger partial charge in [-0.1, -0.05) is 42.8 Å². The molecule has 0 aliphatic carbocycles. The minimum atomic E-state index is -4.81. The first-order chi connectivity index (χ1) is 14.0. The Morgan fingerprint density at radius 2 is 1.33 bits per heavy atom. The maximum absolute atomic E-state index is 13.7. The highest BCUT2D eigenvalue weighted by Crippen LogP contribution is 2.44. The van der Waals surface area contributed by atoms with Crippen LogP contribution in [-0.2, 0) is 17.1 Å². The van der Waals surface area contributed by atoms with Crippen LogP contribution in [0.3, 0.4) is 0 Å². The van der Waals surface area contributed by atoms with Crippen molar-refractivity contribution in [2.45, 2.75) is 43.7 Å². The molecule has 30 heavy (non-hydrogen) atoms. The number of hydrogen-bond donors (Lipinski definition) is 1. The largest absolute Gasteiger partial charge is 0.480 e. The van der Waals surface area contributed by atoms with E-state index in [0.717, 1.165) is 36.4 Å². The number of piperidine rings is 1. The van der Waals surface area contributed by atoms with Gasteiger partial charge in [-0.15, -0.1) is 0 Å². The molecule has 2 aromatic carbocycles. The average Bonchev–Trinajstić information content (AvgIpc) is 2.68. The Balaban J connectivity index is 2.29. The lowest BCUT2D eigenvalue weighted by atomic mass is 9.87. The predicted molar refractivity (Wildman–Crippen MR) is 96.7 cm³/mol. The number of alkyl halides is 6. The van der Waals surface area contributed by atoms with E-state index in [4.69, 9.17) is 0 Å². The number of nitrogens with zero attached hydrogens (tertiary/aromatic N) is 1. The Morgan fingerprint density at radius 1 is 0.867 bits per heavy atom. The first-order valence-corrected chi connectivity index (χ1v) is 9.32. The Bertz CT molecular complexity index is 851. The van der Waals surface area contributed by atoms with Crippen molar-refractivity contribution in [2.24, 2.45) is 0 Å². The highest BCUT2D eigenvalue weighted by Gasteiger charge is 2.43. The molecule has 1 aliphatic heterocycles. The molecule has 0 spiro atoms. The lowest BCUT2D eigenvalue weighted by molar-refractivity contribution is -0.146. The van der Waals surface area contributed by atoms with Crippen molar-refractivity contribution in [3.63, 3.8) is 0 Å². The molecule has 1 unspecified atom stereocenters. The second-order valence-corrected chi connectivity index (χ2v) is 7.16. The Morgan fingerprint density at radius 3 is 1.77 bits per heavy atom. The summed E-state index contributed by atoms with van der Waals surface area (Å²) < 4.78 is 82.3. The van der Waals surface area contributed by atoms with E-state index in [2.05, 4.69) is 0 Å². The molecule has 0 aromatic heterocycles. The third-order valence-corrected chi connectivity index (χ3v) is 5.28. The van der Waals surface area contributed by atoms with Gasteiger partial charge in [0.25, 0.3) is 0 Å². The van der Waals surface area contributed by atoms with Crippen LogP contribution in [-0.4, -0.2) is 28.6 Å². The summed E-state index contributed by atoms with van der Waals surface area (Å²) in [5.74, 6) is -1.27. The summed E-state index contributed by atoms with van der Waals surface area (Å²) in [6.07, 6.45) is -8.47. The smallest absolute Gasteiger partial charge is 0.416 e. The summed E-state index contributed by atoms with van der Waals surface area (Å²) in [6.45, 7) is 0.0695. The van der Waals surface area contributed by atoms with Crippen LogP contribution in [0.25, 0.3) is 0 Å². The number of aliphatic carboxylic acids is 1. The van der Waals surface area contributed by atoms with Gasteiger partial charge in [-0.2, -0.15) is 26.3 Å². The van der Waals surface area contributed by atoms with E-state index >= 15 is 0 Å². The van der Waals surface area contributed by atoms with Crippen molar-refractivity contribution >= 4 is 5.97 Å². The predicted octanol–water partition coefficient (Wildman–Crippen LogP) is 5.75. The van der Waals surface area contributed by atoms with Crippen LogP contribution in [0.15, 0.2) is 48.5 Å². The van der Waals surface area contributed by atoms with Gasteiger partial charge in [0.05, 0.1) is 17.2 Å². The number of carboxylic acids is 1. The van der Waals surface area contributed by atoms with Crippen LogP contribution in [0.2, 0.25) is 0 Å². The molecule has 1 saturated heterocycles. The summed E-state index contributed by atoms with van der Waals surface area (Å²) in [5, 5.41) is 9.62. The van der Waals surface area contributed by atoms with Gasteiger partial charge in [0.2, 0.25) is 0 Å². The monoisotopic (exact) mass is 431 g/mol. The number of halogens is 6. The van der Waals surface area contributed by atoms with Crippen LogP contribution < -0.4 is 0 Å². The summed E-state index contributed by atoms with van der Waals surface area (Å²) in [5.41, 5.74) is -2.95. The SMILES string of the molecule is O=C(O)C1CCCCN1C(c1ccccc1C(F)(F)F)c1ccccc1C(F)(F)F. The first kappa shape index (κ1) is 22.1. The number of carboxylic acid groups (broad SMARTS) is 1. The molecule has 0 amide bonds. The highest BCUT2D eigenvalue weighted by atomic mass is 19.4. The van der Waals surface area contributed by atoms with Crippen LogP contribution in [0, 0.1) is 0 Å². The molecule has 0 bridgehead atoms. The van der Waals surface area contributed by atoms with Gasteiger partial charge in [-0.25, -0.2) is 0 Å². The highest BCUT2D eigenvalue weighted by molar-refractivity contribution is 5.74. The normalized spacial score (nSPS) is 18.6. The topological polar surface area (TPSA) is 40.5 Å². The quantitative estimate of drug-likeness (QED) is 0.627. The van der Waals surface area contributed by atoms with Gasteiger partial charge in [-0.05, 0) is 42.6 Å². The van der Waals surface area contributed by atoms with Crippen molar-refractivity contribution in [2.75, 3.05) is 6.54 Å². The molecule has 162 valence electrons. The molecule has 0 radical (unpaired) electrons. The van der Waals surface area contributed by atoms with E-state index < -0.39 is 52.7 Å². The van der Waals surface area contributed by atoms with Crippen molar-refractivity contribution in [3.8, 4) is 0 Å². The molecule has 3 rings (SSSR count). The molecular weight excluding hydrogens is 412 g/mol. The van der Waals surface area contributed by atoms with Gasteiger partial charge < -0.3 is 5.11 Å². The third-order valence-electron chi connectivity index (χ3n) is 5.28. The first-order valence-electron chi connectivity index (χ1n) is 9.32. The number of carbonyl (C=O) groups is 1. The molecule has 0 saturated carbocycles. The molecule has 1 N–H and O–H groups in total. The Kier molecular flexibility index (Phi) is 6.12. The fourth-order valence-corrected chi connectivity index (χ4v) is 4.04. The molecule has 9 heteroatoms. The standard InChI is InChI=1S/C21H19F6NO2/c22-20(23,24)15-9-3-1-7-13(15)18(28-12-6-5-11-17(28)19(29)30)14-8-2-4-10-16(14)21(25,26)27/h1-4,7-10,17-18H,5-6,11-12H2,(H,29,30). The second kappa shape index (κ2) is 8.29. The minimum absolute atomic E-state index is 0.0695. The van der Waals surface area contributed by atoms with Crippen molar-refractivity contribution < 1.29 is 36.2 Å². The van der Waals surface area contributed by atoms with Gasteiger partial charge in [0.1, 0.15) is 6.04 Å². The van der Waals surface area contributed by atoms with Crippen molar-refractivity contribution in [1.29, 1.82) is 0 Å². The lowest BCUT2D eigenvalue weighted by Gasteiger charge is -2.41. The molecule has 1 aliphatic rings. The fourth-order valence-electron chi connectivity index (χ4n) is 4.04. The van der Waals surface area contributed by atoms with Gasteiger partial charge >= 0.3 is 18.3 Å². The Labute approximate surface area is 168 Å². The number of rotatable bonds is 4. The van der Waals surface area contributed by atoms with Crippen LogP contribution in [0.1, 0.15) is 47.6 Å². The maximum atomic E-state index is 13.7. The zero-order chi connectivity index (χ0) is 22.1. The van der Waals surface area contributed by atoms with Gasteiger partial charge in [0.15, 0.2) is 0 Å². The van der Waals surface area contributed by atoms with E-state index in [1.165, 1.54) is 17.0 Å². The van der Waals surface area contributed by atoms with E-state index in [1.54, 1.807) is 0 Å². The zero-order valence-electron chi connectivity index (χ0n) is 15.7. The van der Waals surface area contributed by atoms with Crippen molar-refractivity contribution in [3.05, 3.63) is 70.8 Å². The summed E-state index contributed by atoms with van der Waals surface area (Å²) in [6, 6.07) is 6.08. The van der Waals surface area contributed by atoms with Gasteiger partial charge in [-0.3, -0.25) is 9.69 Å². The minimum Gasteiger partial charge on any atom is -0.480 e. The third kappa shape index (κ3) is 4.45. The molecule has 1 atom stereocenters. The molecule has 3 nitrogen and oxygen atoms in total. The number of likely N-dealkylation sites (tertiary alicyclic amines) is 1. The summed E-state index contributed by atoms with van der Waals surface area (Å²) >= 11 is 0. The van der Waals surface area contributed by atoms with E-state index in [1.807, 2.05) is 0 Å². The van der Waals surface area contributed by atoms with E-state index in [-0.39, 0.29) is 13.0 Å². The second-order valence-electron chi connectivity index (χ2n) is 7.16. The lowest BCUT2D eigenvalue weighted by Crippen LogP contribution is -2.47.